The summed E-state index contributed by atoms with van der Waals surface area (Å²) in [4.78, 5) is 4.02. The first-order chi connectivity index (χ1) is 7.93. The number of imidazole rings is 1. The second-order valence-corrected chi connectivity index (χ2v) is 4.11. The van der Waals surface area contributed by atoms with Crippen molar-refractivity contribution in [1.29, 1.82) is 0 Å². The molecule has 0 radical (unpaired) electrons. The van der Waals surface area contributed by atoms with Crippen molar-refractivity contribution in [2.24, 2.45) is 0 Å². The van der Waals surface area contributed by atoms with Crippen molar-refractivity contribution in [2.75, 3.05) is 0 Å². The lowest BCUT2D eigenvalue weighted by Gasteiger charge is -2.12. The smallest absolute Gasteiger partial charge is 0.328 e. The van der Waals surface area contributed by atoms with E-state index in [1.807, 2.05) is 18.4 Å². The topological polar surface area (TPSA) is 17.8 Å². The molecule has 1 atom stereocenters. The van der Waals surface area contributed by atoms with Crippen LogP contribution in [0.3, 0.4) is 0 Å². The van der Waals surface area contributed by atoms with Crippen LogP contribution in [0.2, 0.25) is 0 Å². The standard InChI is InChI=1S/C12H13F3N2/c1-3-8(2)17-7-16-10-6-9(12(13,14)15)4-5-11(10)17/h4-8H,3H2,1-2H3. The molecule has 0 aliphatic heterocycles. The SMILES string of the molecule is CCC(C)n1cnc2cc(C(F)(F)F)ccc21. The van der Waals surface area contributed by atoms with Gasteiger partial charge in [-0.15, -0.1) is 0 Å². The van der Waals surface area contributed by atoms with Crippen LogP contribution in [0.15, 0.2) is 24.5 Å². The van der Waals surface area contributed by atoms with Crippen molar-refractivity contribution in [3.63, 3.8) is 0 Å². The van der Waals surface area contributed by atoms with E-state index >= 15 is 0 Å². The third-order valence-corrected chi connectivity index (χ3v) is 2.97. The summed E-state index contributed by atoms with van der Waals surface area (Å²) in [6.45, 7) is 4.04. The van der Waals surface area contributed by atoms with Crippen molar-refractivity contribution in [1.82, 2.24) is 9.55 Å². The number of halogens is 3. The Bertz CT molecular complexity index is 528. The van der Waals surface area contributed by atoms with Gasteiger partial charge in [-0.25, -0.2) is 4.98 Å². The fourth-order valence-corrected chi connectivity index (χ4v) is 1.76. The second-order valence-electron chi connectivity index (χ2n) is 4.11. The first-order valence-electron chi connectivity index (χ1n) is 5.47. The van der Waals surface area contributed by atoms with Gasteiger partial charge in [0.25, 0.3) is 0 Å². The van der Waals surface area contributed by atoms with Crippen LogP contribution in [0, 0.1) is 0 Å². The lowest BCUT2D eigenvalue weighted by molar-refractivity contribution is -0.137. The number of aromatic nitrogens is 2. The van der Waals surface area contributed by atoms with Crippen molar-refractivity contribution in [3.8, 4) is 0 Å². The summed E-state index contributed by atoms with van der Waals surface area (Å²) in [5.74, 6) is 0. The maximum absolute atomic E-state index is 12.5. The maximum atomic E-state index is 12.5. The summed E-state index contributed by atoms with van der Waals surface area (Å²) in [5, 5.41) is 0. The summed E-state index contributed by atoms with van der Waals surface area (Å²) >= 11 is 0. The monoisotopic (exact) mass is 242 g/mol. The Labute approximate surface area is 97.1 Å². The zero-order valence-electron chi connectivity index (χ0n) is 9.62. The molecular formula is C12H13F3N2. The third kappa shape index (κ3) is 2.14. The predicted molar refractivity (Wildman–Crippen MR) is 59.7 cm³/mol. The number of rotatable bonds is 2. The van der Waals surface area contributed by atoms with Crippen LogP contribution < -0.4 is 0 Å². The fraction of sp³-hybridized carbons (Fsp3) is 0.417. The van der Waals surface area contributed by atoms with E-state index in [1.165, 1.54) is 6.07 Å². The van der Waals surface area contributed by atoms with Gasteiger partial charge in [0.15, 0.2) is 0 Å². The van der Waals surface area contributed by atoms with Gasteiger partial charge in [-0.1, -0.05) is 6.92 Å². The first-order valence-corrected chi connectivity index (χ1v) is 5.47. The average Bonchev–Trinajstić information content (AvgIpc) is 2.69. The molecule has 17 heavy (non-hydrogen) atoms. The van der Waals surface area contributed by atoms with E-state index in [4.69, 9.17) is 0 Å². The number of fused-ring (bicyclic) bond motifs is 1. The Hall–Kier alpha value is -1.52. The molecule has 1 aromatic carbocycles. The molecule has 1 heterocycles. The van der Waals surface area contributed by atoms with Gasteiger partial charge >= 0.3 is 6.18 Å². The normalized spacial score (nSPS) is 14.2. The maximum Gasteiger partial charge on any atom is 0.416 e. The quantitative estimate of drug-likeness (QED) is 0.777. The molecular weight excluding hydrogens is 229 g/mol. The largest absolute Gasteiger partial charge is 0.416 e. The average molecular weight is 242 g/mol. The second kappa shape index (κ2) is 4.05. The molecule has 0 spiro atoms. The molecule has 0 aliphatic carbocycles. The minimum Gasteiger partial charge on any atom is -0.328 e. The Kier molecular flexibility index (Phi) is 2.85. The van der Waals surface area contributed by atoms with Crippen molar-refractivity contribution >= 4 is 11.0 Å². The lowest BCUT2D eigenvalue weighted by Crippen LogP contribution is -2.05. The number of alkyl halides is 3. The highest BCUT2D eigenvalue weighted by molar-refractivity contribution is 5.76. The van der Waals surface area contributed by atoms with E-state index in [9.17, 15) is 13.2 Å². The molecule has 0 N–H and O–H groups in total. The van der Waals surface area contributed by atoms with Gasteiger partial charge in [0, 0.05) is 6.04 Å². The molecule has 0 bridgehead atoms. The molecule has 0 saturated heterocycles. The van der Waals surface area contributed by atoms with Gasteiger partial charge < -0.3 is 4.57 Å². The molecule has 1 unspecified atom stereocenters. The number of benzene rings is 1. The lowest BCUT2D eigenvalue weighted by atomic mass is 10.2. The number of hydrogen-bond donors (Lipinski definition) is 0. The Morgan fingerprint density at radius 2 is 2.06 bits per heavy atom. The van der Waals surface area contributed by atoms with Crippen molar-refractivity contribution < 1.29 is 13.2 Å². The van der Waals surface area contributed by atoms with E-state index in [-0.39, 0.29) is 6.04 Å². The van der Waals surface area contributed by atoms with E-state index in [0.29, 0.717) is 5.52 Å². The van der Waals surface area contributed by atoms with Crippen molar-refractivity contribution in [2.45, 2.75) is 32.5 Å². The summed E-state index contributed by atoms with van der Waals surface area (Å²) in [6, 6.07) is 3.91. The van der Waals surface area contributed by atoms with E-state index < -0.39 is 11.7 Å². The van der Waals surface area contributed by atoms with Crippen molar-refractivity contribution in [3.05, 3.63) is 30.1 Å². The van der Waals surface area contributed by atoms with Gasteiger partial charge in [0.05, 0.1) is 22.9 Å². The molecule has 0 amide bonds. The molecule has 1 aromatic heterocycles. The molecule has 2 nitrogen and oxygen atoms in total. The molecule has 92 valence electrons. The van der Waals surface area contributed by atoms with Crippen LogP contribution in [-0.4, -0.2) is 9.55 Å². The highest BCUT2D eigenvalue weighted by atomic mass is 19.4. The van der Waals surface area contributed by atoms with Crippen LogP contribution in [0.25, 0.3) is 11.0 Å². The van der Waals surface area contributed by atoms with E-state index in [0.717, 1.165) is 24.1 Å². The summed E-state index contributed by atoms with van der Waals surface area (Å²) < 4.78 is 39.4. The molecule has 2 rings (SSSR count). The summed E-state index contributed by atoms with van der Waals surface area (Å²) in [6.07, 6.45) is -1.81. The Balaban J connectivity index is 2.52. The Morgan fingerprint density at radius 1 is 1.35 bits per heavy atom. The van der Waals surface area contributed by atoms with Gasteiger partial charge in [0.2, 0.25) is 0 Å². The highest BCUT2D eigenvalue weighted by Gasteiger charge is 2.30. The minimum absolute atomic E-state index is 0.233. The molecule has 2 aromatic rings. The zero-order valence-corrected chi connectivity index (χ0v) is 9.62. The van der Waals surface area contributed by atoms with Crippen LogP contribution >= 0.6 is 0 Å². The third-order valence-electron chi connectivity index (χ3n) is 2.97. The summed E-state index contributed by atoms with van der Waals surface area (Å²) in [5.41, 5.74) is 0.479. The Morgan fingerprint density at radius 3 is 2.65 bits per heavy atom. The molecule has 0 fully saturated rings. The highest BCUT2D eigenvalue weighted by Crippen LogP contribution is 2.31. The van der Waals surface area contributed by atoms with Crippen LogP contribution in [0.5, 0.6) is 0 Å². The zero-order chi connectivity index (χ0) is 12.6. The van der Waals surface area contributed by atoms with Gasteiger partial charge in [-0.2, -0.15) is 13.2 Å². The predicted octanol–water partition coefficient (Wildman–Crippen LogP) is 4.03. The fourth-order valence-electron chi connectivity index (χ4n) is 1.76. The van der Waals surface area contributed by atoms with Crippen LogP contribution in [-0.2, 0) is 6.18 Å². The molecule has 0 aliphatic rings. The number of hydrogen-bond acceptors (Lipinski definition) is 1. The van der Waals surface area contributed by atoms with Gasteiger partial charge in [-0.3, -0.25) is 0 Å². The number of nitrogens with zero attached hydrogens (tertiary/aromatic N) is 2. The van der Waals surface area contributed by atoms with Crippen LogP contribution in [0.4, 0.5) is 13.2 Å². The minimum atomic E-state index is -4.31. The van der Waals surface area contributed by atoms with Gasteiger partial charge in [-0.05, 0) is 31.5 Å². The first kappa shape index (κ1) is 12.0. The van der Waals surface area contributed by atoms with E-state index in [2.05, 4.69) is 4.98 Å². The molecule has 0 saturated carbocycles. The molecule has 5 heteroatoms. The van der Waals surface area contributed by atoms with E-state index in [1.54, 1.807) is 6.33 Å². The van der Waals surface area contributed by atoms with Crippen LogP contribution in [0.1, 0.15) is 31.9 Å². The summed E-state index contributed by atoms with van der Waals surface area (Å²) in [7, 11) is 0. The van der Waals surface area contributed by atoms with Gasteiger partial charge in [0.1, 0.15) is 0 Å².